The monoisotopic (exact) mass is 288 g/mol. The summed E-state index contributed by atoms with van der Waals surface area (Å²) in [5.41, 5.74) is 4.26. The highest BCUT2D eigenvalue weighted by Crippen LogP contribution is 2.28. The first kappa shape index (κ1) is 16.2. The number of benzene rings is 1. The number of anilines is 2. The summed E-state index contributed by atoms with van der Waals surface area (Å²) in [6.45, 7) is 12.7. The van der Waals surface area contributed by atoms with E-state index in [9.17, 15) is 0 Å². The fourth-order valence-electron chi connectivity index (χ4n) is 2.86. The van der Waals surface area contributed by atoms with Gasteiger partial charge in [0.2, 0.25) is 0 Å². The number of fused-ring (bicyclic) bond motifs is 1. The smallest absolute Gasteiger partial charge is 0.0374 e. The molecule has 0 atom stereocenters. The minimum absolute atomic E-state index is 0.769. The number of hydrogen-bond donors (Lipinski definition) is 1. The summed E-state index contributed by atoms with van der Waals surface area (Å²) < 4.78 is 0. The highest BCUT2D eigenvalue weighted by molar-refractivity contribution is 5.61. The van der Waals surface area contributed by atoms with Crippen LogP contribution in [0.15, 0.2) is 18.2 Å². The first-order chi connectivity index (χ1) is 10.1. The van der Waals surface area contributed by atoms with Crippen LogP contribution in [0.4, 0.5) is 11.4 Å². The van der Waals surface area contributed by atoms with Crippen LogP contribution in [0.25, 0.3) is 0 Å². The van der Waals surface area contributed by atoms with Crippen LogP contribution in [0.2, 0.25) is 0 Å². The Morgan fingerprint density at radius 1 is 1.05 bits per heavy atom. The minimum Gasteiger partial charge on any atom is -0.385 e. The molecule has 1 aliphatic rings. The topological polar surface area (TPSA) is 15.3 Å². The lowest BCUT2D eigenvalue weighted by atomic mass is 10.0. The normalized spacial score (nSPS) is 14.2. The molecule has 1 aliphatic heterocycles. The van der Waals surface area contributed by atoms with E-state index in [1.807, 2.05) is 0 Å². The Balaban J connectivity index is 2.10. The second-order valence-electron chi connectivity index (χ2n) is 7.22. The molecule has 0 fully saturated rings. The molecule has 1 aromatic carbocycles. The van der Waals surface area contributed by atoms with E-state index in [1.54, 1.807) is 0 Å². The molecule has 1 N–H and O–H groups in total. The lowest BCUT2D eigenvalue weighted by Gasteiger charge is -2.28. The van der Waals surface area contributed by atoms with Crippen LogP contribution in [-0.4, -0.2) is 19.6 Å². The first-order valence-corrected chi connectivity index (χ1v) is 8.68. The van der Waals surface area contributed by atoms with Crippen molar-refractivity contribution in [3.8, 4) is 0 Å². The van der Waals surface area contributed by atoms with Gasteiger partial charge in [0.1, 0.15) is 0 Å². The van der Waals surface area contributed by atoms with E-state index in [2.05, 4.69) is 56.1 Å². The molecule has 118 valence electrons. The van der Waals surface area contributed by atoms with Crippen LogP contribution < -0.4 is 10.2 Å². The standard InChI is InChI=1S/C19H32N2/c1-15(2)9-12-21(13-10-16(3)4)18-7-8-19-17(14-18)6-5-11-20-19/h7-8,14-16,20H,5-6,9-13H2,1-4H3. The summed E-state index contributed by atoms with van der Waals surface area (Å²) in [5, 5.41) is 3.51. The zero-order valence-corrected chi connectivity index (χ0v) is 14.3. The summed E-state index contributed by atoms with van der Waals surface area (Å²) in [5.74, 6) is 1.54. The fourth-order valence-corrected chi connectivity index (χ4v) is 2.86. The number of nitrogens with one attached hydrogen (secondary N) is 1. The van der Waals surface area contributed by atoms with E-state index in [0.717, 1.165) is 18.4 Å². The number of rotatable bonds is 7. The molecule has 1 heterocycles. The van der Waals surface area contributed by atoms with Crippen LogP contribution in [0.3, 0.4) is 0 Å². The quantitative estimate of drug-likeness (QED) is 0.764. The van der Waals surface area contributed by atoms with E-state index >= 15 is 0 Å². The van der Waals surface area contributed by atoms with Gasteiger partial charge in [0.15, 0.2) is 0 Å². The second kappa shape index (κ2) is 7.72. The summed E-state index contributed by atoms with van der Waals surface area (Å²) in [6, 6.07) is 7.00. The molecule has 0 aromatic heterocycles. The summed E-state index contributed by atoms with van der Waals surface area (Å²) in [4.78, 5) is 2.59. The third kappa shape index (κ3) is 4.94. The first-order valence-electron chi connectivity index (χ1n) is 8.68. The molecule has 0 unspecified atom stereocenters. The van der Waals surface area contributed by atoms with Crippen molar-refractivity contribution in [1.82, 2.24) is 0 Å². The van der Waals surface area contributed by atoms with Crippen molar-refractivity contribution in [2.45, 2.75) is 53.4 Å². The Morgan fingerprint density at radius 3 is 2.33 bits per heavy atom. The van der Waals surface area contributed by atoms with Crippen molar-refractivity contribution >= 4 is 11.4 Å². The lowest BCUT2D eigenvalue weighted by molar-refractivity contribution is 0.535. The fraction of sp³-hybridized carbons (Fsp3) is 0.684. The van der Waals surface area contributed by atoms with Crippen molar-refractivity contribution in [2.24, 2.45) is 11.8 Å². The van der Waals surface area contributed by atoms with Gasteiger partial charge in [-0.15, -0.1) is 0 Å². The zero-order chi connectivity index (χ0) is 15.2. The Kier molecular flexibility index (Phi) is 5.96. The van der Waals surface area contributed by atoms with Crippen LogP contribution in [0, 0.1) is 11.8 Å². The van der Waals surface area contributed by atoms with Gasteiger partial charge in [0, 0.05) is 31.0 Å². The number of hydrogen-bond acceptors (Lipinski definition) is 2. The number of nitrogens with zero attached hydrogens (tertiary/aromatic N) is 1. The second-order valence-corrected chi connectivity index (χ2v) is 7.22. The van der Waals surface area contributed by atoms with E-state index in [0.29, 0.717) is 0 Å². The molecule has 2 heteroatoms. The highest BCUT2D eigenvalue weighted by atomic mass is 15.1. The van der Waals surface area contributed by atoms with Gasteiger partial charge in [-0.05, 0) is 61.3 Å². The molecule has 0 aliphatic carbocycles. The minimum atomic E-state index is 0.769. The molecular weight excluding hydrogens is 256 g/mol. The van der Waals surface area contributed by atoms with Crippen LogP contribution in [0.1, 0.15) is 52.5 Å². The average Bonchev–Trinajstić information content (AvgIpc) is 2.46. The van der Waals surface area contributed by atoms with Gasteiger partial charge < -0.3 is 10.2 Å². The molecule has 0 bridgehead atoms. The van der Waals surface area contributed by atoms with Crippen LogP contribution in [-0.2, 0) is 6.42 Å². The van der Waals surface area contributed by atoms with Crippen LogP contribution >= 0.6 is 0 Å². The molecule has 21 heavy (non-hydrogen) atoms. The molecule has 1 aromatic rings. The Labute approximate surface area is 130 Å². The van der Waals surface area contributed by atoms with Gasteiger partial charge in [0.05, 0.1) is 0 Å². The van der Waals surface area contributed by atoms with E-state index < -0.39 is 0 Å². The number of aryl methyl sites for hydroxylation is 1. The van der Waals surface area contributed by atoms with E-state index in [4.69, 9.17) is 0 Å². The van der Waals surface area contributed by atoms with Crippen molar-refractivity contribution in [2.75, 3.05) is 29.9 Å². The van der Waals surface area contributed by atoms with Crippen molar-refractivity contribution in [3.63, 3.8) is 0 Å². The van der Waals surface area contributed by atoms with Gasteiger partial charge in [-0.3, -0.25) is 0 Å². The molecule has 2 rings (SSSR count). The van der Waals surface area contributed by atoms with Gasteiger partial charge in [0.25, 0.3) is 0 Å². The Bertz CT molecular complexity index is 425. The van der Waals surface area contributed by atoms with Crippen molar-refractivity contribution < 1.29 is 0 Å². The van der Waals surface area contributed by atoms with E-state index in [-0.39, 0.29) is 0 Å². The van der Waals surface area contributed by atoms with Crippen molar-refractivity contribution in [3.05, 3.63) is 23.8 Å². The van der Waals surface area contributed by atoms with Gasteiger partial charge in [-0.1, -0.05) is 27.7 Å². The Morgan fingerprint density at radius 2 is 1.71 bits per heavy atom. The molecule has 0 saturated carbocycles. The summed E-state index contributed by atoms with van der Waals surface area (Å²) >= 11 is 0. The summed E-state index contributed by atoms with van der Waals surface area (Å²) in [7, 11) is 0. The molecule has 2 nitrogen and oxygen atoms in total. The molecule has 0 radical (unpaired) electrons. The predicted octanol–water partition coefficient (Wildman–Crippen LogP) is 4.94. The van der Waals surface area contributed by atoms with E-state index in [1.165, 1.54) is 55.7 Å². The molecule has 0 spiro atoms. The highest BCUT2D eigenvalue weighted by Gasteiger charge is 2.13. The maximum atomic E-state index is 3.51. The third-order valence-corrected chi connectivity index (χ3v) is 4.35. The molecule has 0 amide bonds. The Hall–Kier alpha value is -1.18. The predicted molar refractivity (Wildman–Crippen MR) is 94.4 cm³/mol. The van der Waals surface area contributed by atoms with Gasteiger partial charge in [-0.25, -0.2) is 0 Å². The van der Waals surface area contributed by atoms with Gasteiger partial charge in [-0.2, -0.15) is 0 Å². The largest absolute Gasteiger partial charge is 0.385 e. The van der Waals surface area contributed by atoms with Crippen molar-refractivity contribution in [1.29, 1.82) is 0 Å². The molecular formula is C19H32N2. The SMILES string of the molecule is CC(C)CCN(CCC(C)C)c1ccc2c(c1)CCCN2. The third-order valence-electron chi connectivity index (χ3n) is 4.35. The lowest BCUT2D eigenvalue weighted by Crippen LogP contribution is -2.28. The summed E-state index contributed by atoms with van der Waals surface area (Å²) in [6.07, 6.45) is 5.02. The average molecular weight is 288 g/mol. The zero-order valence-electron chi connectivity index (χ0n) is 14.3. The molecule has 0 saturated heterocycles. The van der Waals surface area contributed by atoms with Crippen LogP contribution in [0.5, 0.6) is 0 Å². The maximum absolute atomic E-state index is 3.51. The van der Waals surface area contributed by atoms with Gasteiger partial charge >= 0.3 is 0 Å². The maximum Gasteiger partial charge on any atom is 0.0374 e.